The van der Waals surface area contributed by atoms with E-state index in [4.69, 9.17) is 5.73 Å². The van der Waals surface area contributed by atoms with E-state index >= 15 is 0 Å². The standard InChI is InChI=1S/C8H9N3O2/c1-6-2-4-7(5-3-6)11(13)10-8(9)12/h2-5H,1H3,(H2,9,12)/b11-10-. The van der Waals surface area contributed by atoms with Gasteiger partial charge in [0.25, 0.3) is 0 Å². The molecule has 1 aromatic rings. The normalized spacial score (nSPS) is 11.3. The summed E-state index contributed by atoms with van der Waals surface area (Å²) in [4.78, 5) is 10.5. The van der Waals surface area contributed by atoms with Crippen LogP contribution in [-0.4, -0.2) is 10.9 Å². The first-order chi connectivity index (χ1) is 6.09. The lowest BCUT2D eigenvalue weighted by atomic mass is 10.2. The Balaban J connectivity index is 2.96. The van der Waals surface area contributed by atoms with Crippen molar-refractivity contribution in [1.82, 2.24) is 0 Å². The fourth-order valence-electron chi connectivity index (χ4n) is 0.820. The Hall–Kier alpha value is -1.91. The number of primary amides is 1. The monoisotopic (exact) mass is 179 g/mol. The van der Waals surface area contributed by atoms with E-state index in [0.717, 1.165) is 5.56 Å². The predicted octanol–water partition coefficient (Wildman–Crippen LogP) is 1.67. The van der Waals surface area contributed by atoms with E-state index < -0.39 is 6.03 Å². The molecule has 0 unspecified atom stereocenters. The minimum Gasteiger partial charge on any atom is -0.594 e. The third-order valence-corrected chi connectivity index (χ3v) is 1.44. The van der Waals surface area contributed by atoms with Crippen LogP contribution in [0.5, 0.6) is 0 Å². The molecule has 0 heterocycles. The summed E-state index contributed by atoms with van der Waals surface area (Å²) in [6.07, 6.45) is 0. The highest BCUT2D eigenvalue weighted by Gasteiger charge is 2.03. The molecule has 0 aliphatic heterocycles. The summed E-state index contributed by atoms with van der Waals surface area (Å²) in [5.74, 6) is 0. The Morgan fingerprint density at radius 1 is 1.46 bits per heavy atom. The minimum absolute atomic E-state index is 0.196. The van der Waals surface area contributed by atoms with Gasteiger partial charge in [-0.3, -0.25) is 0 Å². The first-order valence-electron chi connectivity index (χ1n) is 3.64. The number of hydrogen-bond acceptors (Lipinski definition) is 2. The molecule has 68 valence electrons. The van der Waals surface area contributed by atoms with Crippen molar-refractivity contribution < 1.29 is 9.66 Å². The molecule has 0 saturated carbocycles. The third-order valence-electron chi connectivity index (χ3n) is 1.44. The summed E-state index contributed by atoms with van der Waals surface area (Å²) in [7, 11) is 0. The molecular formula is C8H9N3O2. The first-order valence-corrected chi connectivity index (χ1v) is 3.64. The van der Waals surface area contributed by atoms with E-state index in [-0.39, 0.29) is 10.5 Å². The summed E-state index contributed by atoms with van der Waals surface area (Å²) < 4.78 is 0. The number of nitrogens with two attached hydrogens (primary N) is 1. The third kappa shape index (κ3) is 2.55. The molecule has 0 spiro atoms. The Morgan fingerprint density at radius 3 is 2.46 bits per heavy atom. The van der Waals surface area contributed by atoms with Crippen LogP contribution in [0.25, 0.3) is 0 Å². The van der Waals surface area contributed by atoms with E-state index in [2.05, 4.69) is 5.11 Å². The van der Waals surface area contributed by atoms with Crippen molar-refractivity contribution >= 4 is 11.7 Å². The van der Waals surface area contributed by atoms with Crippen LogP contribution in [0.4, 0.5) is 10.5 Å². The number of urea groups is 1. The zero-order valence-corrected chi connectivity index (χ0v) is 7.10. The Morgan fingerprint density at radius 2 is 2.00 bits per heavy atom. The van der Waals surface area contributed by atoms with Crippen molar-refractivity contribution in [3.05, 3.63) is 35.0 Å². The van der Waals surface area contributed by atoms with Crippen LogP contribution < -0.4 is 5.73 Å². The van der Waals surface area contributed by atoms with Crippen molar-refractivity contribution in [2.45, 2.75) is 6.92 Å². The van der Waals surface area contributed by atoms with E-state index in [9.17, 15) is 10.0 Å². The van der Waals surface area contributed by atoms with Crippen LogP contribution in [0.15, 0.2) is 29.4 Å². The largest absolute Gasteiger partial charge is 0.594 e. The van der Waals surface area contributed by atoms with Crippen molar-refractivity contribution in [3.63, 3.8) is 0 Å². The minimum atomic E-state index is -1.00. The van der Waals surface area contributed by atoms with Gasteiger partial charge in [-0.2, -0.15) is 0 Å². The molecule has 0 bridgehead atoms. The van der Waals surface area contributed by atoms with Gasteiger partial charge in [0.1, 0.15) is 0 Å². The fourth-order valence-corrected chi connectivity index (χ4v) is 0.820. The number of benzene rings is 1. The molecule has 0 aliphatic rings. The van der Waals surface area contributed by atoms with E-state index in [1.807, 2.05) is 6.92 Å². The molecule has 13 heavy (non-hydrogen) atoms. The van der Waals surface area contributed by atoms with Crippen molar-refractivity contribution in [2.24, 2.45) is 10.8 Å². The number of amides is 2. The van der Waals surface area contributed by atoms with Crippen molar-refractivity contribution in [2.75, 3.05) is 0 Å². The SMILES string of the molecule is Cc1ccc(/[N+]([O-])=N/C(N)=O)cc1. The average molecular weight is 179 g/mol. The van der Waals surface area contributed by atoms with E-state index in [0.29, 0.717) is 0 Å². The van der Waals surface area contributed by atoms with Gasteiger partial charge in [0.15, 0.2) is 0 Å². The predicted molar refractivity (Wildman–Crippen MR) is 46.5 cm³/mol. The van der Waals surface area contributed by atoms with Crippen LogP contribution in [0.3, 0.4) is 0 Å². The second-order valence-corrected chi connectivity index (χ2v) is 2.55. The summed E-state index contributed by atoms with van der Waals surface area (Å²) in [6, 6.07) is 5.62. The van der Waals surface area contributed by atoms with E-state index in [1.165, 1.54) is 0 Å². The Bertz CT molecular complexity index is 343. The average Bonchev–Trinajstić information content (AvgIpc) is 2.04. The number of hydrogen-bond donors (Lipinski definition) is 1. The van der Waals surface area contributed by atoms with Crippen LogP contribution in [-0.2, 0) is 0 Å². The van der Waals surface area contributed by atoms with Gasteiger partial charge in [-0.1, -0.05) is 17.7 Å². The lowest BCUT2D eigenvalue weighted by Crippen LogP contribution is -2.07. The number of aryl methyl sites for hydroxylation is 1. The van der Waals surface area contributed by atoms with Gasteiger partial charge in [0.05, 0.1) is 5.11 Å². The maximum absolute atomic E-state index is 11.0. The van der Waals surface area contributed by atoms with Crippen molar-refractivity contribution in [1.29, 1.82) is 0 Å². The van der Waals surface area contributed by atoms with Crippen LogP contribution >= 0.6 is 0 Å². The van der Waals surface area contributed by atoms with Gasteiger partial charge in [-0.05, 0) is 11.8 Å². The molecule has 2 amide bonds. The van der Waals surface area contributed by atoms with Gasteiger partial charge >= 0.3 is 6.03 Å². The first kappa shape index (κ1) is 9.18. The smallest absolute Gasteiger partial charge is 0.399 e. The maximum atomic E-state index is 11.0. The highest BCUT2D eigenvalue weighted by molar-refractivity contribution is 5.71. The van der Waals surface area contributed by atoms with E-state index in [1.54, 1.807) is 24.3 Å². The second kappa shape index (κ2) is 3.66. The zero-order chi connectivity index (χ0) is 9.84. The van der Waals surface area contributed by atoms with Gasteiger partial charge in [-0.15, -0.1) is 0 Å². The molecule has 0 saturated heterocycles. The van der Waals surface area contributed by atoms with Gasteiger partial charge in [0, 0.05) is 12.1 Å². The molecule has 5 heteroatoms. The molecular weight excluding hydrogens is 170 g/mol. The maximum Gasteiger partial charge on any atom is 0.399 e. The summed E-state index contributed by atoms with van der Waals surface area (Å²) in [5.41, 5.74) is 6.02. The Kier molecular flexibility index (Phi) is 2.59. The van der Waals surface area contributed by atoms with Crippen LogP contribution in [0.2, 0.25) is 0 Å². The Labute approximate surface area is 75.1 Å². The molecule has 1 rings (SSSR count). The molecule has 2 N–H and O–H groups in total. The second-order valence-electron chi connectivity index (χ2n) is 2.55. The quantitative estimate of drug-likeness (QED) is 0.404. The number of carbonyl (C=O) groups is 1. The molecule has 0 aromatic heterocycles. The summed E-state index contributed by atoms with van der Waals surface area (Å²) in [5, 5.41) is 14.0. The highest BCUT2D eigenvalue weighted by Crippen LogP contribution is 2.11. The summed E-state index contributed by atoms with van der Waals surface area (Å²) in [6.45, 7) is 1.89. The lowest BCUT2D eigenvalue weighted by Gasteiger charge is -1.97. The lowest BCUT2D eigenvalue weighted by molar-refractivity contribution is -0.434. The van der Waals surface area contributed by atoms with Gasteiger partial charge in [-0.25, -0.2) is 4.79 Å². The van der Waals surface area contributed by atoms with Crippen LogP contribution in [0.1, 0.15) is 5.56 Å². The van der Waals surface area contributed by atoms with Gasteiger partial charge < -0.3 is 10.9 Å². The number of carbonyl (C=O) groups excluding carboxylic acids is 1. The van der Waals surface area contributed by atoms with Gasteiger partial charge in [0.2, 0.25) is 5.69 Å². The number of nitrogens with zero attached hydrogens (tertiary/aromatic N) is 2. The van der Waals surface area contributed by atoms with Crippen molar-refractivity contribution in [3.8, 4) is 0 Å². The molecule has 5 nitrogen and oxygen atoms in total. The number of rotatable bonds is 1. The zero-order valence-electron chi connectivity index (χ0n) is 7.10. The molecule has 1 aromatic carbocycles. The molecule has 0 fully saturated rings. The molecule has 0 radical (unpaired) electrons. The molecule has 0 aliphatic carbocycles. The summed E-state index contributed by atoms with van der Waals surface area (Å²) >= 11 is 0. The topological polar surface area (TPSA) is 81.5 Å². The van der Waals surface area contributed by atoms with Crippen LogP contribution in [0, 0.1) is 12.1 Å². The highest BCUT2D eigenvalue weighted by atomic mass is 16.5. The number of azo groups is 1. The molecule has 0 atom stereocenters. The fraction of sp³-hybridized carbons (Fsp3) is 0.125.